The van der Waals surface area contributed by atoms with E-state index in [0.717, 1.165) is 6.42 Å². The van der Waals surface area contributed by atoms with Gasteiger partial charge in [0, 0.05) is 6.04 Å². The summed E-state index contributed by atoms with van der Waals surface area (Å²) in [6.45, 7) is 0. The molecule has 1 aromatic heterocycles. The van der Waals surface area contributed by atoms with Crippen LogP contribution < -0.4 is 5.73 Å². The largest absolute Gasteiger partial charge is 0.327 e. The van der Waals surface area contributed by atoms with Gasteiger partial charge in [-0.25, -0.2) is 0 Å². The lowest BCUT2D eigenvalue weighted by molar-refractivity contribution is 0.579. The van der Waals surface area contributed by atoms with Gasteiger partial charge >= 0.3 is 0 Å². The SMILES string of the molecule is NC1CCc2cscc2C1. The third-order valence-electron chi connectivity index (χ3n) is 2.10. The summed E-state index contributed by atoms with van der Waals surface area (Å²) in [6, 6.07) is 0.419. The molecule has 2 N–H and O–H groups in total. The van der Waals surface area contributed by atoms with Crippen molar-refractivity contribution in [2.45, 2.75) is 25.3 Å². The lowest BCUT2D eigenvalue weighted by Crippen LogP contribution is -2.26. The molecule has 0 bridgehead atoms. The molecule has 1 unspecified atom stereocenters. The number of hydrogen-bond donors (Lipinski definition) is 1. The second kappa shape index (κ2) is 2.36. The molecule has 0 amide bonds. The maximum atomic E-state index is 5.81. The highest BCUT2D eigenvalue weighted by Crippen LogP contribution is 2.23. The molecule has 2 rings (SSSR count). The van der Waals surface area contributed by atoms with E-state index in [1.165, 1.54) is 24.0 Å². The van der Waals surface area contributed by atoms with E-state index in [2.05, 4.69) is 10.8 Å². The molecule has 0 aliphatic heterocycles. The molecule has 54 valence electrons. The Bertz CT molecular complexity index is 229. The van der Waals surface area contributed by atoms with Gasteiger partial charge in [0.1, 0.15) is 0 Å². The van der Waals surface area contributed by atoms with Crippen LogP contribution in [-0.4, -0.2) is 6.04 Å². The first-order chi connectivity index (χ1) is 4.86. The van der Waals surface area contributed by atoms with E-state index in [4.69, 9.17) is 5.73 Å². The first-order valence-electron chi connectivity index (χ1n) is 3.66. The second-order valence-corrected chi connectivity index (χ2v) is 3.67. The maximum absolute atomic E-state index is 5.81. The van der Waals surface area contributed by atoms with Gasteiger partial charge in [-0.1, -0.05) is 0 Å². The standard InChI is InChI=1S/C8H11NS/c9-8-2-1-6-4-10-5-7(6)3-8/h4-5,8H,1-3,9H2. The van der Waals surface area contributed by atoms with Crippen LogP contribution in [0.2, 0.25) is 0 Å². The van der Waals surface area contributed by atoms with Gasteiger partial charge in [0.15, 0.2) is 0 Å². The van der Waals surface area contributed by atoms with Gasteiger partial charge in [-0.05, 0) is 41.1 Å². The van der Waals surface area contributed by atoms with Crippen LogP contribution in [0.4, 0.5) is 0 Å². The zero-order chi connectivity index (χ0) is 6.97. The predicted molar refractivity (Wildman–Crippen MR) is 44.3 cm³/mol. The van der Waals surface area contributed by atoms with Crippen molar-refractivity contribution < 1.29 is 0 Å². The zero-order valence-electron chi connectivity index (χ0n) is 5.84. The van der Waals surface area contributed by atoms with Crippen molar-refractivity contribution in [3.63, 3.8) is 0 Å². The van der Waals surface area contributed by atoms with Crippen LogP contribution in [0.1, 0.15) is 17.5 Å². The van der Waals surface area contributed by atoms with E-state index in [-0.39, 0.29) is 0 Å². The Balaban J connectivity index is 2.30. The van der Waals surface area contributed by atoms with Crippen LogP contribution in [0.3, 0.4) is 0 Å². The van der Waals surface area contributed by atoms with E-state index in [0.29, 0.717) is 6.04 Å². The van der Waals surface area contributed by atoms with Crippen molar-refractivity contribution in [2.24, 2.45) is 5.73 Å². The predicted octanol–water partition coefficient (Wildman–Crippen LogP) is 1.56. The molecule has 0 radical (unpaired) electrons. The van der Waals surface area contributed by atoms with Crippen molar-refractivity contribution >= 4 is 11.3 Å². The molecule has 0 saturated carbocycles. The van der Waals surface area contributed by atoms with Crippen LogP contribution in [0.25, 0.3) is 0 Å². The number of nitrogens with two attached hydrogens (primary N) is 1. The smallest absolute Gasteiger partial charge is 0.00828 e. The Hall–Kier alpha value is -0.340. The van der Waals surface area contributed by atoms with Gasteiger partial charge in [-0.3, -0.25) is 0 Å². The Morgan fingerprint density at radius 2 is 2.20 bits per heavy atom. The van der Waals surface area contributed by atoms with E-state index in [1.54, 1.807) is 11.3 Å². The summed E-state index contributed by atoms with van der Waals surface area (Å²) >= 11 is 1.80. The summed E-state index contributed by atoms with van der Waals surface area (Å²) in [5, 5.41) is 4.48. The van der Waals surface area contributed by atoms with Crippen molar-refractivity contribution in [1.29, 1.82) is 0 Å². The summed E-state index contributed by atoms with van der Waals surface area (Å²) in [6.07, 6.45) is 3.46. The van der Waals surface area contributed by atoms with Crippen LogP contribution >= 0.6 is 11.3 Å². The Morgan fingerprint density at radius 1 is 1.40 bits per heavy atom. The molecule has 0 fully saturated rings. The van der Waals surface area contributed by atoms with Crippen molar-refractivity contribution in [1.82, 2.24) is 0 Å². The Kier molecular flexibility index (Phi) is 1.51. The quantitative estimate of drug-likeness (QED) is 0.601. The average Bonchev–Trinajstić information content (AvgIpc) is 2.33. The molecule has 1 aliphatic carbocycles. The highest BCUT2D eigenvalue weighted by atomic mass is 32.1. The van der Waals surface area contributed by atoms with Gasteiger partial charge in [0.2, 0.25) is 0 Å². The fraction of sp³-hybridized carbons (Fsp3) is 0.500. The van der Waals surface area contributed by atoms with E-state index in [1.807, 2.05) is 0 Å². The van der Waals surface area contributed by atoms with Gasteiger partial charge in [-0.2, -0.15) is 11.3 Å². The number of fused-ring (bicyclic) bond motifs is 1. The second-order valence-electron chi connectivity index (χ2n) is 2.93. The summed E-state index contributed by atoms with van der Waals surface area (Å²) in [5.41, 5.74) is 8.84. The molecule has 1 nitrogen and oxygen atoms in total. The molecule has 0 spiro atoms. The van der Waals surface area contributed by atoms with Gasteiger partial charge < -0.3 is 5.73 Å². The molecule has 0 saturated heterocycles. The molecule has 0 aromatic carbocycles. The molecule has 1 aliphatic rings. The van der Waals surface area contributed by atoms with E-state index >= 15 is 0 Å². The first kappa shape index (κ1) is 6.38. The van der Waals surface area contributed by atoms with Gasteiger partial charge in [0.05, 0.1) is 0 Å². The Morgan fingerprint density at radius 3 is 3.10 bits per heavy atom. The molecule has 2 heteroatoms. The van der Waals surface area contributed by atoms with Crippen LogP contribution in [0.15, 0.2) is 10.8 Å². The minimum absolute atomic E-state index is 0.419. The maximum Gasteiger partial charge on any atom is 0.00828 e. The molecule has 1 atom stereocenters. The van der Waals surface area contributed by atoms with Crippen molar-refractivity contribution in [3.8, 4) is 0 Å². The third-order valence-corrected chi connectivity index (χ3v) is 2.94. The molecule has 1 aromatic rings. The minimum Gasteiger partial charge on any atom is -0.327 e. The van der Waals surface area contributed by atoms with Crippen molar-refractivity contribution in [2.75, 3.05) is 0 Å². The third kappa shape index (κ3) is 0.976. The fourth-order valence-corrected chi connectivity index (χ4v) is 2.39. The first-order valence-corrected chi connectivity index (χ1v) is 4.60. The van der Waals surface area contributed by atoms with E-state index < -0.39 is 0 Å². The highest BCUT2D eigenvalue weighted by molar-refractivity contribution is 7.08. The average molecular weight is 153 g/mol. The minimum atomic E-state index is 0.419. The Labute approximate surface area is 64.9 Å². The summed E-state index contributed by atoms with van der Waals surface area (Å²) in [7, 11) is 0. The normalized spacial score (nSPS) is 24.3. The van der Waals surface area contributed by atoms with Gasteiger partial charge in [-0.15, -0.1) is 0 Å². The zero-order valence-corrected chi connectivity index (χ0v) is 6.66. The molecule has 1 heterocycles. The number of rotatable bonds is 0. The fourth-order valence-electron chi connectivity index (χ4n) is 1.47. The van der Waals surface area contributed by atoms with E-state index in [9.17, 15) is 0 Å². The lowest BCUT2D eigenvalue weighted by Gasteiger charge is -2.17. The number of thiophene rings is 1. The monoisotopic (exact) mass is 153 g/mol. The van der Waals surface area contributed by atoms with Crippen LogP contribution in [-0.2, 0) is 12.8 Å². The number of aryl methyl sites for hydroxylation is 1. The lowest BCUT2D eigenvalue weighted by atomic mass is 9.92. The summed E-state index contributed by atoms with van der Waals surface area (Å²) in [5.74, 6) is 0. The molecular formula is C8H11NS. The number of hydrogen-bond acceptors (Lipinski definition) is 2. The summed E-state index contributed by atoms with van der Waals surface area (Å²) in [4.78, 5) is 0. The topological polar surface area (TPSA) is 26.0 Å². The van der Waals surface area contributed by atoms with Crippen LogP contribution in [0.5, 0.6) is 0 Å². The van der Waals surface area contributed by atoms with Crippen LogP contribution in [0, 0.1) is 0 Å². The molecular weight excluding hydrogens is 142 g/mol. The van der Waals surface area contributed by atoms with Crippen molar-refractivity contribution in [3.05, 3.63) is 21.9 Å². The highest BCUT2D eigenvalue weighted by Gasteiger charge is 2.14. The summed E-state index contributed by atoms with van der Waals surface area (Å²) < 4.78 is 0. The van der Waals surface area contributed by atoms with Gasteiger partial charge in [0.25, 0.3) is 0 Å². The molecule has 10 heavy (non-hydrogen) atoms.